The standard InChI is InChI=1S/C16H18N2O3S2/c1-11-3-5-12(6-4-11)9-13-15(21)18(16(22)23-13)10-14(20)17-7-2-8-19/h3-6,9,19H,2,7-8,10H2,1H3,(H,17,20)/b13-9-. The number of nitrogens with one attached hydrogen (secondary N) is 1. The Morgan fingerprint density at radius 3 is 2.74 bits per heavy atom. The van der Waals surface area contributed by atoms with Gasteiger partial charge in [0.2, 0.25) is 5.91 Å². The van der Waals surface area contributed by atoms with Crippen molar-refractivity contribution in [3.8, 4) is 0 Å². The summed E-state index contributed by atoms with van der Waals surface area (Å²) in [5.41, 5.74) is 2.07. The molecule has 2 N–H and O–H groups in total. The molecule has 122 valence electrons. The predicted octanol–water partition coefficient (Wildman–Crippen LogP) is 1.69. The zero-order valence-electron chi connectivity index (χ0n) is 12.7. The number of nitrogens with zero attached hydrogens (tertiary/aromatic N) is 1. The fourth-order valence-electron chi connectivity index (χ4n) is 1.96. The Labute approximate surface area is 144 Å². The van der Waals surface area contributed by atoms with Gasteiger partial charge in [0.05, 0.1) is 4.91 Å². The average molecular weight is 350 g/mol. The van der Waals surface area contributed by atoms with Crippen molar-refractivity contribution in [1.29, 1.82) is 0 Å². The molecule has 1 aromatic rings. The van der Waals surface area contributed by atoms with Crippen molar-refractivity contribution in [2.75, 3.05) is 19.7 Å². The fraction of sp³-hybridized carbons (Fsp3) is 0.312. The molecule has 0 unspecified atom stereocenters. The minimum absolute atomic E-state index is 0.0145. The second-order valence-electron chi connectivity index (χ2n) is 5.11. The lowest BCUT2D eigenvalue weighted by atomic mass is 10.1. The lowest BCUT2D eigenvalue weighted by Crippen LogP contribution is -2.39. The normalized spacial score (nSPS) is 16.3. The van der Waals surface area contributed by atoms with Gasteiger partial charge in [-0.3, -0.25) is 14.5 Å². The minimum atomic E-state index is -0.286. The maximum atomic E-state index is 12.4. The smallest absolute Gasteiger partial charge is 0.266 e. The van der Waals surface area contributed by atoms with Gasteiger partial charge in [0.15, 0.2) is 0 Å². The molecule has 1 fully saturated rings. The van der Waals surface area contributed by atoms with Crippen molar-refractivity contribution in [2.45, 2.75) is 13.3 Å². The Morgan fingerprint density at radius 1 is 1.39 bits per heavy atom. The zero-order valence-corrected chi connectivity index (χ0v) is 14.4. The van der Waals surface area contributed by atoms with Gasteiger partial charge in [0, 0.05) is 13.2 Å². The first-order chi connectivity index (χ1) is 11.0. The summed E-state index contributed by atoms with van der Waals surface area (Å²) in [7, 11) is 0. The molecule has 7 heteroatoms. The summed E-state index contributed by atoms with van der Waals surface area (Å²) in [5, 5.41) is 11.3. The summed E-state index contributed by atoms with van der Waals surface area (Å²) in [6.45, 7) is 2.30. The van der Waals surface area contributed by atoms with Gasteiger partial charge in [-0.2, -0.15) is 0 Å². The lowest BCUT2D eigenvalue weighted by molar-refractivity contribution is -0.128. The summed E-state index contributed by atoms with van der Waals surface area (Å²) in [5.74, 6) is -0.538. The van der Waals surface area contributed by atoms with Crippen LogP contribution in [-0.2, 0) is 9.59 Å². The van der Waals surface area contributed by atoms with Crippen LogP contribution in [0.5, 0.6) is 0 Å². The van der Waals surface area contributed by atoms with Crippen LogP contribution < -0.4 is 5.32 Å². The van der Waals surface area contributed by atoms with E-state index in [1.165, 1.54) is 16.7 Å². The fourth-order valence-corrected chi connectivity index (χ4v) is 3.21. The molecule has 0 spiro atoms. The molecule has 0 aromatic heterocycles. The third-order valence-corrected chi connectivity index (χ3v) is 4.59. The Balaban J connectivity index is 2.02. The van der Waals surface area contributed by atoms with E-state index in [0.717, 1.165) is 11.1 Å². The second-order valence-corrected chi connectivity index (χ2v) is 6.78. The van der Waals surface area contributed by atoms with Crippen molar-refractivity contribution in [3.05, 3.63) is 40.3 Å². The molecule has 2 rings (SSSR count). The monoisotopic (exact) mass is 350 g/mol. The molecular weight excluding hydrogens is 332 g/mol. The number of thiocarbonyl (C=S) groups is 1. The highest BCUT2D eigenvalue weighted by molar-refractivity contribution is 8.26. The zero-order chi connectivity index (χ0) is 16.8. The molecule has 1 aliphatic rings. The van der Waals surface area contributed by atoms with Crippen molar-refractivity contribution in [1.82, 2.24) is 10.2 Å². The second kappa shape index (κ2) is 8.24. The Kier molecular flexibility index (Phi) is 6.32. The number of thioether (sulfide) groups is 1. The molecule has 5 nitrogen and oxygen atoms in total. The SMILES string of the molecule is Cc1ccc(/C=C2\SC(=S)N(CC(=O)NCCCO)C2=O)cc1. The van der Waals surface area contributed by atoms with Crippen molar-refractivity contribution < 1.29 is 14.7 Å². The van der Waals surface area contributed by atoms with Crippen molar-refractivity contribution in [3.63, 3.8) is 0 Å². The van der Waals surface area contributed by atoms with Gasteiger partial charge in [-0.1, -0.05) is 53.8 Å². The number of rotatable bonds is 6. The molecule has 0 bridgehead atoms. The highest BCUT2D eigenvalue weighted by Gasteiger charge is 2.33. The number of hydrogen-bond donors (Lipinski definition) is 2. The molecule has 2 amide bonds. The van der Waals surface area contributed by atoms with Crippen molar-refractivity contribution >= 4 is 46.2 Å². The Bertz CT molecular complexity index is 641. The third-order valence-electron chi connectivity index (χ3n) is 3.21. The van der Waals surface area contributed by atoms with E-state index in [9.17, 15) is 9.59 Å². The molecule has 0 saturated carbocycles. The largest absolute Gasteiger partial charge is 0.396 e. The van der Waals surface area contributed by atoms with Gasteiger partial charge < -0.3 is 10.4 Å². The number of carbonyl (C=O) groups excluding carboxylic acids is 2. The summed E-state index contributed by atoms with van der Waals surface area (Å²) in [4.78, 5) is 26.0. The first-order valence-corrected chi connectivity index (χ1v) is 8.43. The van der Waals surface area contributed by atoms with Crippen LogP contribution in [0.1, 0.15) is 17.5 Å². The number of aryl methyl sites for hydroxylation is 1. The van der Waals surface area contributed by atoms with E-state index in [4.69, 9.17) is 17.3 Å². The molecular formula is C16H18N2O3S2. The summed E-state index contributed by atoms with van der Waals surface area (Å²) in [6, 6.07) is 7.81. The number of benzene rings is 1. The first-order valence-electron chi connectivity index (χ1n) is 7.21. The van der Waals surface area contributed by atoms with Crippen LogP contribution in [0.4, 0.5) is 0 Å². The topological polar surface area (TPSA) is 69.6 Å². The van der Waals surface area contributed by atoms with Crippen LogP contribution in [0.15, 0.2) is 29.2 Å². The van der Waals surface area contributed by atoms with Gasteiger partial charge in [-0.05, 0) is 25.0 Å². The van der Waals surface area contributed by atoms with Crippen molar-refractivity contribution in [2.24, 2.45) is 0 Å². The molecule has 1 aliphatic heterocycles. The highest BCUT2D eigenvalue weighted by atomic mass is 32.2. The van der Waals surface area contributed by atoms with E-state index in [0.29, 0.717) is 22.2 Å². The van der Waals surface area contributed by atoms with Gasteiger partial charge >= 0.3 is 0 Å². The Hall–Kier alpha value is -1.70. The molecule has 1 saturated heterocycles. The maximum absolute atomic E-state index is 12.4. The number of amides is 2. The molecule has 1 aromatic carbocycles. The van der Waals surface area contributed by atoms with E-state index in [1.807, 2.05) is 31.2 Å². The first kappa shape index (κ1) is 17.7. The van der Waals surface area contributed by atoms with Crippen LogP contribution in [0.3, 0.4) is 0 Å². The summed E-state index contributed by atoms with van der Waals surface area (Å²) >= 11 is 6.39. The minimum Gasteiger partial charge on any atom is -0.396 e. The third kappa shape index (κ3) is 4.89. The molecule has 23 heavy (non-hydrogen) atoms. The number of aliphatic hydroxyl groups excluding tert-OH is 1. The average Bonchev–Trinajstić information content (AvgIpc) is 2.77. The van der Waals surface area contributed by atoms with E-state index in [-0.39, 0.29) is 25.0 Å². The van der Waals surface area contributed by atoms with Crippen LogP contribution in [0.2, 0.25) is 0 Å². The highest BCUT2D eigenvalue weighted by Crippen LogP contribution is 2.32. The quantitative estimate of drug-likeness (QED) is 0.464. The lowest BCUT2D eigenvalue weighted by Gasteiger charge is -2.13. The van der Waals surface area contributed by atoms with E-state index in [1.54, 1.807) is 6.08 Å². The van der Waals surface area contributed by atoms with Gasteiger partial charge in [0.1, 0.15) is 10.9 Å². The number of hydrogen-bond acceptors (Lipinski definition) is 5. The van der Waals surface area contributed by atoms with Gasteiger partial charge in [0.25, 0.3) is 5.91 Å². The van der Waals surface area contributed by atoms with Gasteiger partial charge in [-0.25, -0.2) is 0 Å². The van der Waals surface area contributed by atoms with E-state index >= 15 is 0 Å². The summed E-state index contributed by atoms with van der Waals surface area (Å²) in [6.07, 6.45) is 2.26. The number of carbonyl (C=O) groups is 2. The number of aliphatic hydroxyl groups is 1. The molecule has 1 heterocycles. The van der Waals surface area contributed by atoms with Crippen LogP contribution in [0, 0.1) is 6.92 Å². The van der Waals surface area contributed by atoms with E-state index in [2.05, 4.69) is 5.32 Å². The molecule has 0 aliphatic carbocycles. The van der Waals surface area contributed by atoms with Crippen LogP contribution in [0.25, 0.3) is 6.08 Å². The van der Waals surface area contributed by atoms with Crippen LogP contribution >= 0.6 is 24.0 Å². The van der Waals surface area contributed by atoms with Crippen LogP contribution in [-0.4, -0.2) is 45.8 Å². The maximum Gasteiger partial charge on any atom is 0.266 e. The molecule has 0 radical (unpaired) electrons. The molecule has 0 atom stereocenters. The van der Waals surface area contributed by atoms with E-state index < -0.39 is 0 Å². The Morgan fingerprint density at radius 2 is 2.09 bits per heavy atom. The van der Waals surface area contributed by atoms with Gasteiger partial charge in [-0.15, -0.1) is 0 Å². The summed E-state index contributed by atoms with van der Waals surface area (Å²) < 4.78 is 0.380. The predicted molar refractivity (Wildman–Crippen MR) is 95.8 cm³/mol.